The van der Waals surface area contributed by atoms with E-state index in [1.807, 2.05) is 31.5 Å². The number of H-pyrrole nitrogens is 1. The van der Waals surface area contributed by atoms with Gasteiger partial charge in [-0.25, -0.2) is 4.39 Å². The second-order valence-corrected chi connectivity index (χ2v) is 12.1. The minimum atomic E-state index is -0.526. The van der Waals surface area contributed by atoms with Gasteiger partial charge in [0.15, 0.2) is 0 Å². The summed E-state index contributed by atoms with van der Waals surface area (Å²) in [5.74, 6) is -0.160. The molecule has 0 radical (unpaired) electrons. The first-order valence-electron chi connectivity index (χ1n) is 15.1. The van der Waals surface area contributed by atoms with Crippen molar-refractivity contribution in [3.63, 3.8) is 0 Å². The second kappa shape index (κ2) is 11.9. The fourth-order valence-corrected chi connectivity index (χ4v) is 7.49. The van der Waals surface area contributed by atoms with Gasteiger partial charge in [0.2, 0.25) is 11.8 Å². The Kier molecular flexibility index (Phi) is 8.08. The lowest BCUT2D eigenvalue weighted by molar-refractivity contribution is -0.139. The number of aromatic nitrogens is 2. The van der Waals surface area contributed by atoms with Gasteiger partial charge in [-0.2, -0.15) is 0 Å². The van der Waals surface area contributed by atoms with Crippen LogP contribution < -0.4 is 10.6 Å². The number of benzene rings is 1. The summed E-state index contributed by atoms with van der Waals surface area (Å²) in [5, 5.41) is 7.18. The molecular weight excluding hydrogens is 519 g/mol. The van der Waals surface area contributed by atoms with Crippen LogP contribution in [0.5, 0.6) is 0 Å². The lowest BCUT2D eigenvalue weighted by Gasteiger charge is -2.36. The second-order valence-electron chi connectivity index (χ2n) is 12.1. The fraction of sp³-hybridized carbons (Fsp3) is 0.531. The van der Waals surface area contributed by atoms with Gasteiger partial charge in [0.05, 0.1) is 12.1 Å². The van der Waals surface area contributed by atoms with Gasteiger partial charge >= 0.3 is 0 Å². The number of hydrogen-bond donors (Lipinski definition) is 3. The number of likely N-dealkylation sites (N-methyl/N-ethyl adjacent to an activating group) is 1. The van der Waals surface area contributed by atoms with Crippen LogP contribution in [0, 0.1) is 11.7 Å². The Hall–Kier alpha value is -3.30. The van der Waals surface area contributed by atoms with Crippen LogP contribution in [0.2, 0.25) is 0 Å². The number of pyridine rings is 1. The van der Waals surface area contributed by atoms with Gasteiger partial charge in [-0.1, -0.05) is 25.3 Å². The van der Waals surface area contributed by atoms with E-state index >= 15 is 0 Å². The molecule has 3 N–H and O–H groups in total. The summed E-state index contributed by atoms with van der Waals surface area (Å²) in [4.78, 5) is 39.7. The van der Waals surface area contributed by atoms with Crippen LogP contribution in [0.4, 0.5) is 4.39 Å². The van der Waals surface area contributed by atoms with Crippen molar-refractivity contribution in [2.24, 2.45) is 5.92 Å². The Bertz CT molecular complexity index is 1370. The maximum atomic E-state index is 14.5. The normalized spacial score (nSPS) is 24.9. The molecule has 0 bridgehead atoms. The molecule has 2 aliphatic heterocycles. The summed E-state index contributed by atoms with van der Waals surface area (Å²) in [6.07, 6.45) is 11.8. The summed E-state index contributed by atoms with van der Waals surface area (Å²) < 4.78 is 14.0. The number of amides is 2. The van der Waals surface area contributed by atoms with E-state index in [0.29, 0.717) is 6.54 Å². The summed E-state index contributed by atoms with van der Waals surface area (Å²) in [6, 6.07) is 8.20. The third kappa shape index (κ3) is 5.49. The van der Waals surface area contributed by atoms with E-state index in [1.165, 1.54) is 18.6 Å². The number of carbonyl (C=O) groups is 2. The number of carbonyl (C=O) groups excluding carboxylic acids is 2. The predicted octanol–water partition coefficient (Wildman–Crippen LogP) is 3.94. The molecule has 218 valence electrons. The highest BCUT2D eigenvalue weighted by molar-refractivity contribution is 5.90. The van der Waals surface area contributed by atoms with E-state index in [4.69, 9.17) is 0 Å². The lowest BCUT2D eigenvalue weighted by Crippen LogP contribution is -2.57. The molecule has 0 spiro atoms. The minimum Gasteiger partial charge on any atom is -0.361 e. The molecule has 41 heavy (non-hydrogen) atoms. The zero-order valence-electron chi connectivity index (χ0n) is 24.0. The molecule has 2 aromatic heterocycles. The molecule has 6 rings (SSSR count). The molecule has 1 saturated carbocycles. The lowest BCUT2D eigenvalue weighted by atomic mass is 9.82. The van der Waals surface area contributed by atoms with Gasteiger partial charge in [0, 0.05) is 61.1 Å². The van der Waals surface area contributed by atoms with E-state index < -0.39 is 6.04 Å². The minimum absolute atomic E-state index is 0.0343. The number of likely N-dealkylation sites (tertiary alicyclic amines) is 2. The summed E-state index contributed by atoms with van der Waals surface area (Å²) in [5.41, 5.74) is 3.03. The number of halogens is 1. The van der Waals surface area contributed by atoms with Crippen molar-refractivity contribution in [1.29, 1.82) is 0 Å². The fourth-order valence-electron chi connectivity index (χ4n) is 7.49. The third-order valence-corrected chi connectivity index (χ3v) is 9.71. The molecule has 2 amide bonds. The predicted molar refractivity (Wildman–Crippen MR) is 157 cm³/mol. The Balaban J connectivity index is 1.34. The molecule has 3 aromatic rings. The topological polar surface area (TPSA) is 93.4 Å². The number of rotatable bonds is 8. The summed E-state index contributed by atoms with van der Waals surface area (Å²) in [6.45, 7) is 4.03. The van der Waals surface area contributed by atoms with Crippen molar-refractivity contribution in [2.45, 2.75) is 82.1 Å². The maximum absolute atomic E-state index is 14.5. The van der Waals surface area contributed by atoms with Crippen molar-refractivity contribution >= 4 is 22.7 Å². The summed E-state index contributed by atoms with van der Waals surface area (Å²) >= 11 is 0. The number of fused-ring (bicyclic) bond motifs is 2. The first-order valence-corrected chi connectivity index (χ1v) is 15.1. The van der Waals surface area contributed by atoms with Crippen LogP contribution in [-0.2, 0) is 16.1 Å². The van der Waals surface area contributed by atoms with Crippen LogP contribution >= 0.6 is 0 Å². The molecule has 2 saturated heterocycles. The number of hydrogen-bond acceptors (Lipinski definition) is 5. The van der Waals surface area contributed by atoms with E-state index in [2.05, 4.69) is 36.5 Å². The standard InChI is InChI=1S/C32H41FN6O2/c1-20(34-2)31(40)37-29(22-8-4-3-5-9-22)32(41)39-14-12-28-30(39)26(19-38(28)18-21-7-6-13-35-16-21)25-17-36-27-15-23(33)10-11-24(25)27/h6-7,10-11,13,15-17,20,22,26,28-30,34,36H,3-5,8-9,12,14,18-19H2,1-2H3,(H,37,40). The molecular formula is C32H41FN6O2. The highest BCUT2D eigenvalue weighted by atomic mass is 19.1. The molecule has 5 atom stereocenters. The molecule has 3 aliphatic rings. The van der Waals surface area contributed by atoms with Crippen LogP contribution in [0.3, 0.4) is 0 Å². The van der Waals surface area contributed by atoms with E-state index in [1.54, 1.807) is 13.2 Å². The summed E-state index contributed by atoms with van der Waals surface area (Å²) in [7, 11) is 1.76. The van der Waals surface area contributed by atoms with Gasteiger partial charge in [-0.3, -0.25) is 19.5 Å². The van der Waals surface area contributed by atoms with E-state index in [0.717, 1.165) is 67.2 Å². The van der Waals surface area contributed by atoms with Gasteiger partial charge in [-0.15, -0.1) is 0 Å². The molecule has 1 aliphatic carbocycles. The van der Waals surface area contributed by atoms with Crippen LogP contribution in [0.1, 0.15) is 62.5 Å². The highest BCUT2D eigenvalue weighted by Crippen LogP contribution is 2.44. The average Bonchev–Trinajstić information content (AvgIpc) is 3.71. The van der Waals surface area contributed by atoms with Crippen molar-refractivity contribution in [2.75, 3.05) is 20.1 Å². The van der Waals surface area contributed by atoms with Crippen molar-refractivity contribution in [3.8, 4) is 0 Å². The maximum Gasteiger partial charge on any atom is 0.245 e. The molecule has 9 heteroatoms. The number of aromatic amines is 1. The highest BCUT2D eigenvalue weighted by Gasteiger charge is 2.52. The quantitative estimate of drug-likeness (QED) is 0.388. The monoisotopic (exact) mass is 560 g/mol. The first-order chi connectivity index (χ1) is 19.9. The van der Waals surface area contributed by atoms with Crippen molar-refractivity contribution in [3.05, 3.63) is 65.9 Å². The van der Waals surface area contributed by atoms with Gasteiger partial charge < -0.3 is 20.5 Å². The van der Waals surface area contributed by atoms with E-state index in [9.17, 15) is 14.0 Å². The van der Waals surface area contributed by atoms with Crippen molar-refractivity contribution < 1.29 is 14.0 Å². The SMILES string of the molecule is CNC(C)C(=O)NC(C(=O)N1CCC2C1C(c1c[nH]c3cc(F)ccc13)CN2Cc1cccnc1)C1CCCCC1. The Labute approximate surface area is 241 Å². The molecule has 3 fully saturated rings. The van der Waals surface area contributed by atoms with Gasteiger partial charge in [-0.05, 0) is 74.5 Å². The molecule has 4 heterocycles. The smallest absolute Gasteiger partial charge is 0.245 e. The Morgan fingerprint density at radius 2 is 2.00 bits per heavy atom. The van der Waals surface area contributed by atoms with Crippen LogP contribution in [0.25, 0.3) is 10.9 Å². The molecule has 5 unspecified atom stereocenters. The Morgan fingerprint density at radius 1 is 1.17 bits per heavy atom. The zero-order valence-corrected chi connectivity index (χ0v) is 24.0. The van der Waals surface area contributed by atoms with Crippen LogP contribution in [0.15, 0.2) is 48.9 Å². The van der Waals surface area contributed by atoms with Crippen molar-refractivity contribution in [1.82, 2.24) is 30.4 Å². The Morgan fingerprint density at radius 3 is 2.76 bits per heavy atom. The molecule has 1 aromatic carbocycles. The largest absolute Gasteiger partial charge is 0.361 e. The number of nitrogens with zero attached hydrogens (tertiary/aromatic N) is 3. The van der Waals surface area contributed by atoms with Crippen LogP contribution in [-0.4, -0.2) is 75.9 Å². The van der Waals surface area contributed by atoms with E-state index in [-0.39, 0.29) is 47.6 Å². The van der Waals surface area contributed by atoms with Gasteiger partial charge in [0.1, 0.15) is 11.9 Å². The molecule has 8 nitrogen and oxygen atoms in total. The zero-order chi connectivity index (χ0) is 28.5. The third-order valence-electron chi connectivity index (χ3n) is 9.71. The van der Waals surface area contributed by atoms with Gasteiger partial charge in [0.25, 0.3) is 0 Å². The number of nitrogens with one attached hydrogen (secondary N) is 3. The first kappa shape index (κ1) is 27.8. The average molecular weight is 561 g/mol.